The van der Waals surface area contributed by atoms with Gasteiger partial charge in [-0.2, -0.15) is 0 Å². The van der Waals surface area contributed by atoms with Crippen molar-refractivity contribution in [2.24, 2.45) is 11.8 Å². The van der Waals surface area contributed by atoms with Crippen LogP contribution in [-0.4, -0.2) is 25.1 Å². The lowest BCUT2D eigenvalue weighted by Crippen LogP contribution is -2.23. The van der Waals surface area contributed by atoms with Crippen molar-refractivity contribution in [2.45, 2.75) is 57.3 Å². The van der Waals surface area contributed by atoms with Gasteiger partial charge in [-0.3, -0.25) is 0 Å². The lowest BCUT2D eigenvalue weighted by molar-refractivity contribution is 0.414. The van der Waals surface area contributed by atoms with E-state index in [-0.39, 0.29) is 0 Å². The number of likely N-dealkylation sites (N-methyl/N-ethyl adjacent to an activating group) is 1. The fourth-order valence-electron chi connectivity index (χ4n) is 4.84. The van der Waals surface area contributed by atoms with Gasteiger partial charge in [-0.15, -0.1) is 12.6 Å². The van der Waals surface area contributed by atoms with E-state index in [2.05, 4.69) is 110 Å². The Hall–Kier alpha value is -2.17. The summed E-state index contributed by atoms with van der Waals surface area (Å²) >= 11 is 4.63. The Balaban J connectivity index is 1.98. The number of rotatable bonds is 12. The van der Waals surface area contributed by atoms with Gasteiger partial charge < -0.3 is 15.6 Å². The van der Waals surface area contributed by atoms with Crippen molar-refractivity contribution in [1.82, 2.24) is 15.6 Å². The number of aromatic amines is 1. The molecule has 0 aliphatic heterocycles. The molecule has 0 amide bonds. The molecule has 0 bridgehead atoms. The number of aromatic nitrogens is 1. The lowest BCUT2D eigenvalue weighted by Gasteiger charge is -2.30. The van der Waals surface area contributed by atoms with Crippen LogP contribution in [0.4, 0.5) is 0 Å². The molecule has 0 spiro atoms. The normalized spacial score (nSPS) is 18.3. The van der Waals surface area contributed by atoms with Crippen LogP contribution in [0.1, 0.15) is 57.2 Å². The number of allylic oxidation sites excluding steroid dienone is 7. The molecule has 1 heterocycles. The summed E-state index contributed by atoms with van der Waals surface area (Å²) < 4.78 is 0. The zero-order chi connectivity index (χ0) is 23.6. The monoisotopic (exact) mass is 463 g/mol. The number of nitrogens with one attached hydrogen (secondary N) is 3. The number of thiol groups is 1. The summed E-state index contributed by atoms with van der Waals surface area (Å²) in [5.74, 6) is 1.22. The van der Waals surface area contributed by atoms with E-state index in [9.17, 15) is 0 Å². The number of benzene rings is 1. The van der Waals surface area contributed by atoms with Crippen LogP contribution in [0.5, 0.6) is 0 Å². The largest absolute Gasteiger partial charge is 0.385 e. The fourth-order valence-corrected chi connectivity index (χ4v) is 5.04. The van der Waals surface area contributed by atoms with Crippen molar-refractivity contribution in [3.05, 3.63) is 77.7 Å². The van der Waals surface area contributed by atoms with E-state index in [0.29, 0.717) is 17.8 Å². The standard InChI is InChI=1S/C29H41N3S/c1-5-7-9-10-21(3)28(22-11-13-23(14-12-22)31-18-8-6-2)29-25(17-19-30-4)26-20-24(33)15-16-27(26)32-29/h5,7,9-11,13-16,20-22,28,30-33H,6,8,12,17-19H2,1-4H3/b7-5+,10-9+. The first-order valence-corrected chi connectivity index (χ1v) is 12.9. The molecule has 2 aromatic rings. The van der Waals surface area contributed by atoms with Gasteiger partial charge in [0.15, 0.2) is 0 Å². The predicted octanol–water partition coefficient (Wildman–Crippen LogP) is 6.92. The Morgan fingerprint density at radius 1 is 1.24 bits per heavy atom. The number of H-pyrrole nitrogens is 1. The summed E-state index contributed by atoms with van der Waals surface area (Å²) in [6.45, 7) is 8.66. The Kier molecular flexibility index (Phi) is 9.95. The van der Waals surface area contributed by atoms with Gasteiger partial charge in [-0.25, -0.2) is 0 Å². The summed E-state index contributed by atoms with van der Waals surface area (Å²) in [4.78, 5) is 4.85. The molecule has 0 saturated carbocycles. The quantitative estimate of drug-likeness (QED) is 0.157. The first kappa shape index (κ1) is 25.5. The van der Waals surface area contributed by atoms with E-state index in [0.717, 1.165) is 30.8 Å². The molecular formula is C29H41N3S. The van der Waals surface area contributed by atoms with Crippen LogP contribution in [-0.2, 0) is 6.42 Å². The first-order chi connectivity index (χ1) is 16.1. The molecule has 1 aliphatic rings. The Labute approximate surface area is 205 Å². The molecule has 3 unspecified atom stereocenters. The van der Waals surface area contributed by atoms with Crippen molar-refractivity contribution >= 4 is 23.5 Å². The van der Waals surface area contributed by atoms with Crippen molar-refractivity contribution in [2.75, 3.05) is 20.1 Å². The van der Waals surface area contributed by atoms with Crippen LogP contribution in [0.2, 0.25) is 0 Å². The van der Waals surface area contributed by atoms with Crippen LogP contribution in [0.25, 0.3) is 10.9 Å². The maximum atomic E-state index is 4.63. The molecule has 1 aromatic carbocycles. The Bertz CT molecular complexity index is 1010. The summed E-state index contributed by atoms with van der Waals surface area (Å²) in [6, 6.07) is 6.47. The van der Waals surface area contributed by atoms with Crippen molar-refractivity contribution in [3.63, 3.8) is 0 Å². The second-order valence-corrected chi connectivity index (χ2v) is 9.61. The summed E-state index contributed by atoms with van der Waals surface area (Å²) in [5, 5.41) is 8.24. The minimum Gasteiger partial charge on any atom is -0.385 e. The van der Waals surface area contributed by atoms with E-state index < -0.39 is 0 Å². The Morgan fingerprint density at radius 3 is 2.79 bits per heavy atom. The van der Waals surface area contributed by atoms with Gasteiger partial charge in [-0.05, 0) is 81.5 Å². The molecule has 0 saturated heterocycles. The van der Waals surface area contributed by atoms with E-state index in [1.807, 2.05) is 7.05 Å². The third-order valence-electron chi connectivity index (χ3n) is 6.62. The molecule has 4 heteroatoms. The molecule has 178 valence electrons. The number of hydrogen-bond acceptors (Lipinski definition) is 3. The molecule has 1 aliphatic carbocycles. The maximum Gasteiger partial charge on any atom is 0.0459 e. The highest BCUT2D eigenvalue weighted by atomic mass is 32.1. The van der Waals surface area contributed by atoms with Gasteiger partial charge in [0, 0.05) is 39.7 Å². The minimum absolute atomic E-state index is 0.374. The van der Waals surface area contributed by atoms with Gasteiger partial charge in [-0.1, -0.05) is 56.7 Å². The van der Waals surface area contributed by atoms with Crippen LogP contribution >= 0.6 is 12.6 Å². The van der Waals surface area contributed by atoms with Crippen molar-refractivity contribution in [3.8, 4) is 0 Å². The van der Waals surface area contributed by atoms with Crippen LogP contribution in [0.3, 0.4) is 0 Å². The molecule has 3 rings (SSSR count). The van der Waals surface area contributed by atoms with Crippen LogP contribution in [0.15, 0.2) is 71.3 Å². The van der Waals surface area contributed by atoms with E-state index >= 15 is 0 Å². The van der Waals surface area contributed by atoms with Gasteiger partial charge >= 0.3 is 0 Å². The van der Waals surface area contributed by atoms with Gasteiger partial charge in [0.25, 0.3) is 0 Å². The highest BCUT2D eigenvalue weighted by molar-refractivity contribution is 7.80. The third-order valence-corrected chi connectivity index (χ3v) is 6.90. The van der Waals surface area contributed by atoms with Crippen molar-refractivity contribution in [1.29, 1.82) is 0 Å². The smallest absolute Gasteiger partial charge is 0.0459 e. The first-order valence-electron chi connectivity index (χ1n) is 12.5. The van der Waals surface area contributed by atoms with Crippen molar-refractivity contribution < 1.29 is 0 Å². The second kappa shape index (κ2) is 12.9. The van der Waals surface area contributed by atoms with Gasteiger partial charge in [0.1, 0.15) is 0 Å². The summed E-state index contributed by atoms with van der Waals surface area (Å²) in [5.41, 5.74) is 5.28. The highest BCUT2D eigenvalue weighted by Gasteiger charge is 2.30. The average molecular weight is 464 g/mol. The van der Waals surface area contributed by atoms with Crippen LogP contribution in [0, 0.1) is 11.8 Å². The second-order valence-electron chi connectivity index (χ2n) is 9.09. The molecule has 0 radical (unpaired) electrons. The molecular weight excluding hydrogens is 422 g/mol. The van der Waals surface area contributed by atoms with E-state index in [1.54, 1.807) is 0 Å². The minimum atomic E-state index is 0.374. The Morgan fingerprint density at radius 2 is 2.09 bits per heavy atom. The molecule has 3 atom stereocenters. The van der Waals surface area contributed by atoms with E-state index in [1.165, 1.54) is 40.7 Å². The number of fused-ring (bicyclic) bond motifs is 1. The molecule has 3 nitrogen and oxygen atoms in total. The average Bonchev–Trinajstić information content (AvgIpc) is 3.16. The SMILES string of the molecule is C/C=C/C=C/C(C)C(c1[nH]c2ccc(S)cc2c1CCNC)C1C=CC(NCCCC)=CC1. The maximum absolute atomic E-state index is 4.63. The third kappa shape index (κ3) is 6.68. The fraction of sp³-hybridized carbons (Fsp3) is 0.448. The molecule has 33 heavy (non-hydrogen) atoms. The van der Waals surface area contributed by atoms with Gasteiger partial charge in [0.2, 0.25) is 0 Å². The molecule has 3 N–H and O–H groups in total. The number of hydrogen-bond donors (Lipinski definition) is 4. The predicted molar refractivity (Wildman–Crippen MR) is 147 cm³/mol. The topological polar surface area (TPSA) is 39.9 Å². The van der Waals surface area contributed by atoms with Gasteiger partial charge in [0.05, 0.1) is 0 Å². The highest BCUT2D eigenvalue weighted by Crippen LogP contribution is 2.41. The van der Waals surface area contributed by atoms with Crippen LogP contribution < -0.4 is 10.6 Å². The zero-order valence-corrected chi connectivity index (χ0v) is 21.6. The summed E-state index contributed by atoms with van der Waals surface area (Å²) in [7, 11) is 2.03. The molecule has 0 fully saturated rings. The lowest BCUT2D eigenvalue weighted by atomic mass is 9.75. The summed E-state index contributed by atoms with van der Waals surface area (Å²) in [6.07, 6.45) is 20.3. The zero-order valence-electron chi connectivity index (χ0n) is 20.7. The number of unbranched alkanes of at least 4 members (excludes halogenated alkanes) is 1. The molecule has 1 aromatic heterocycles. The van der Waals surface area contributed by atoms with E-state index in [4.69, 9.17) is 0 Å².